The number of H-pyrrole nitrogens is 1. The predicted octanol–water partition coefficient (Wildman–Crippen LogP) is 3.02. The summed E-state index contributed by atoms with van der Waals surface area (Å²) in [5, 5.41) is 19.5. The maximum absolute atomic E-state index is 12.5. The molecule has 0 spiro atoms. The number of hydrogen-bond donors (Lipinski definition) is 3. The molecule has 2 aromatic heterocycles. The quantitative estimate of drug-likeness (QED) is 0.732. The van der Waals surface area contributed by atoms with E-state index in [2.05, 4.69) is 25.4 Å². The average molecular weight is 383 g/mol. The van der Waals surface area contributed by atoms with Crippen LogP contribution in [-0.4, -0.2) is 45.3 Å². The maximum atomic E-state index is 12.5. The van der Waals surface area contributed by atoms with Crippen LogP contribution < -0.4 is 10.2 Å². The molecule has 148 valence electrons. The van der Waals surface area contributed by atoms with E-state index in [1.807, 2.05) is 6.07 Å². The summed E-state index contributed by atoms with van der Waals surface area (Å²) in [7, 11) is 0. The summed E-state index contributed by atoms with van der Waals surface area (Å²) >= 11 is 0. The average Bonchev–Trinajstić information content (AvgIpc) is 3.40. The summed E-state index contributed by atoms with van der Waals surface area (Å²) in [6, 6.07) is 5.06. The van der Waals surface area contributed by atoms with Crippen molar-refractivity contribution in [1.29, 1.82) is 0 Å². The highest BCUT2D eigenvalue weighted by Crippen LogP contribution is 2.33. The number of aromatic nitrogens is 3. The number of anilines is 2. The van der Waals surface area contributed by atoms with E-state index in [-0.39, 0.29) is 23.4 Å². The fourth-order valence-corrected chi connectivity index (χ4v) is 4.27. The number of pyridine rings is 1. The van der Waals surface area contributed by atoms with Crippen LogP contribution in [0, 0.1) is 5.92 Å². The van der Waals surface area contributed by atoms with Crippen molar-refractivity contribution in [3.63, 3.8) is 0 Å². The lowest BCUT2D eigenvalue weighted by Gasteiger charge is -2.33. The molecular weight excluding hydrogens is 358 g/mol. The van der Waals surface area contributed by atoms with Crippen molar-refractivity contribution in [2.24, 2.45) is 5.92 Å². The highest BCUT2D eigenvalue weighted by atomic mass is 16.4. The Kier molecular flexibility index (Phi) is 5.27. The second kappa shape index (κ2) is 8.00. The van der Waals surface area contributed by atoms with Crippen LogP contribution in [0.5, 0.6) is 0 Å². The molecule has 2 fully saturated rings. The van der Waals surface area contributed by atoms with Crippen molar-refractivity contribution >= 4 is 23.4 Å². The Hall–Kier alpha value is -2.90. The molecule has 0 aromatic carbocycles. The zero-order valence-electron chi connectivity index (χ0n) is 15.7. The van der Waals surface area contributed by atoms with Gasteiger partial charge in [0.1, 0.15) is 5.82 Å². The highest BCUT2D eigenvalue weighted by molar-refractivity contribution is 5.93. The van der Waals surface area contributed by atoms with E-state index in [0.717, 1.165) is 56.5 Å². The first kappa shape index (κ1) is 18.5. The molecule has 0 radical (unpaired) electrons. The normalized spacial score (nSPS) is 20.3. The van der Waals surface area contributed by atoms with E-state index < -0.39 is 5.97 Å². The molecule has 1 unspecified atom stereocenters. The topological polar surface area (TPSA) is 111 Å². The lowest BCUT2D eigenvalue weighted by Crippen LogP contribution is -2.35. The van der Waals surface area contributed by atoms with E-state index in [1.54, 1.807) is 12.3 Å². The van der Waals surface area contributed by atoms with Crippen molar-refractivity contribution in [1.82, 2.24) is 15.2 Å². The Labute approximate surface area is 163 Å². The Morgan fingerprint density at radius 2 is 2.00 bits per heavy atom. The minimum Gasteiger partial charge on any atom is -0.477 e. The van der Waals surface area contributed by atoms with Crippen LogP contribution in [0.3, 0.4) is 0 Å². The van der Waals surface area contributed by atoms with Crippen LogP contribution in [0.4, 0.5) is 11.5 Å². The number of carbonyl (C=O) groups excluding carboxylic acids is 1. The van der Waals surface area contributed by atoms with E-state index in [9.17, 15) is 14.7 Å². The number of amides is 1. The van der Waals surface area contributed by atoms with Gasteiger partial charge in [-0.2, -0.15) is 5.10 Å². The first-order valence-corrected chi connectivity index (χ1v) is 9.91. The summed E-state index contributed by atoms with van der Waals surface area (Å²) in [5.74, 6) is 0.00385. The van der Waals surface area contributed by atoms with E-state index in [4.69, 9.17) is 0 Å². The molecule has 0 bridgehead atoms. The van der Waals surface area contributed by atoms with Gasteiger partial charge in [-0.3, -0.25) is 9.89 Å². The monoisotopic (exact) mass is 383 g/mol. The zero-order chi connectivity index (χ0) is 19.5. The summed E-state index contributed by atoms with van der Waals surface area (Å²) in [6.07, 6.45) is 7.78. The first-order chi connectivity index (χ1) is 13.6. The van der Waals surface area contributed by atoms with Gasteiger partial charge in [0.05, 0.1) is 17.6 Å². The number of nitrogens with zero attached hydrogens (tertiary/aromatic N) is 3. The molecular formula is C20H25N5O3. The maximum Gasteiger partial charge on any atom is 0.354 e. The lowest BCUT2D eigenvalue weighted by molar-refractivity contribution is -0.119. The zero-order valence-corrected chi connectivity index (χ0v) is 15.7. The van der Waals surface area contributed by atoms with Gasteiger partial charge in [-0.15, -0.1) is 0 Å². The van der Waals surface area contributed by atoms with Crippen molar-refractivity contribution in [2.75, 3.05) is 23.3 Å². The van der Waals surface area contributed by atoms with Gasteiger partial charge in [-0.1, -0.05) is 18.9 Å². The number of piperidine rings is 1. The second-order valence-corrected chi connectivity index (χ2v) is 7.64. The molecule has 1 aliphatic heterocycles. The number of rotatable bonds is 5. The predicted molar refractivity (Wildman–Crippen MR) is 105 cm³/mol. The fraction of sp³-hybridized carbons (Fsp3) is 0.500. The molecule has 1 saturated heterocycles. The summed E-state index contributed by atoms with van der Waals surface area (Å²) in [6.45, 7) is 1.52. The largest absolute Gasteiger partial charge is 0.477 e. The van der Waals surface area contributed by atoms with Crippen molar-refractivity contribution in [3.05, 3.63) is 35.8 Å². The summed E-state index contributed by atoms with van der Waals surface area (Å²) in [5.41, 5.74) is 1.74. The van der Waals surface area contributed by atoms with Crippen LogP contribution in [0.15, 0.2) is 24.4 Å². The molecule has 2 aliphatic rings. The standard InChI is InChI=1S/C20H25N5O3/c26-19(13-5-1-2-6-13)23-16-11-21-24-18(16)14-7-4-10-25(12-14)17-9-3-8-15(22-17)20(27)28/h3,8-9,11,13-14H,1-2,4-7,10,12H2,(H,21,24)(H,23,26)(H,27,28). The number of carboxylic acid groups (broad SMARTS) is 1. The van der Waals surface area contributed by atoms with Crippen molar-refractivity contribution in [3.8, 4) is 0 Å². The number of hydrogen-bond acceptors (Lipinski definition) is 5. The van der Waals surface area contributed by atoms with Crippen LogP contribution in [-0.2, 0) is 4.79 Å². The summed E-state index contributed by atoms with van der Waals surface area (Å²) in [4.78, 5) is 30.1. The number of aromatic carboxylic acids is 1. The second-order valence-electron chi connectivity index (χ2n) is 7.64. The van der Waals surface area contributed by atoms with Gasteiger partial charge in [0.25, 0.3) is 0 Å². The van der Waals surface area contributed by atoms with Gasteiger partial charge in [0, 0.05) is 24.9 Å². The third-order valence-corrected chi connectivity index (χ3v) is 5.76. The first-order valence-electron chi connectivity index (χ1n) is 9.91. The number of nitrogens with one attached hydrogen (secondary N) is 2. The minimum atomic E-state index is -1.03. The molecule has 1 amide bonds. The SMILES string of the molecule is O=C(O)c1cccc(N2CCCC(c3[nH]ncc3NC(=O)C3CCCC3)C2)n1. The Morgan fingerprint density at radius 1 is 1.18 bits per heavy atom. The van der Waals surface area contributed by atoms with Gasteiger partial charge >= 0.3 is 5.97 Å². The van der Waals surface area contributed by atoms with Gasteiger partial charge in [-0.05, 0) is 37.8 Å². The smallest absolute Gasteiger partial charge is 0.354 e. The van der Waals surface area contributed by atoms with E-state index in [1.165, 1.54) is 6.07 Å². The van der Waals surface area contributed by atoms with Gasteiger partial charge in [0.15, 0.2) is 5.69 Å². The van der Waals surface area contributed by atoms with Crippen LogP contribution in [0.1, 0.15) is 60.6 Å². The van der Waals surface area contributed by atoms with Crippen molar-refractivity contribution in [2.45, 2.75) is 44.4 Å². The molecule has 1 aliphatic carbocycles. The third-order valence-electron chi connectivity index (χ3n) is 5.76. The highest BCUT2D eigenvalue weighted by Gasteiger charge is 2.28. The molecule has 8 heteroatoms. The number of aromatic amines is 1. The number of carbonyl (C=O) groups is 2. The van der Waals surface area contributed by atoms with E-state index >= 15 is 0 Å². The van der Waals surface area contributed by atoms with Crippen LogP contribution in [0.2, 0.25) is 0 Å². The molecule has 1 atom stereocenters. The molecule has 28 heavy (non-hydrogen) atoms. The van der Waals surface area contributed by atoms with Gasteiger partial charge in [-0.25, -0.2) is 9.78 Å². The Balaban J connectivity index is 1.48. The molecule has 8 nitrogen and oxygen atoms in total. The Bertz CT molecular complexity index is 859. The third kappa shape index (κ3) is 3.85. The molecule has 3 heterocycles. The van der Waals surface area contributed by atoms with Gasteiger partial charge < -0.3 is 15.3 Å². The van der Waals surface area contributed by atoms with E-state index in [0.29, 0.717) is 12.4 Å². The molecule has 3 N–H and O–H groups in total. The van der Waals surface area contributed by atoms with Gasteiger partial charge in [0.2, 0.25) is 5.91 Å². The van der Waals surface area contributed by atoms with Crippen molar-refractivity contribution < 1.29 is 14.7 Å². The molecule has 1 saturated carbocycles. The molecule has 2 aromatic rings. The van der Waals surface area contributed by atoms with Crippen LogP contribution >= 0.6 is 0 Å². The summed E-state index contributed by atoms with van der Waals surface area (Å²) < 4.78 is 0. The van der Waals surface area contributed by atoms with Crippen LogP contribution in [0.25, 0.3) is 0 Å². The minimum absolute atomic E-state index is 0.0469. The number of carboxylic acids is 1. The fourth-order valence-electron chi connectivity index (χ4n) is 4.27. The molecule has 4 rings (SSSR count). The Morgan fingerprint density at radius 3 is 2.79 bits per heavy atom. The lowest BCUT2D eigenvalue weighted by atomic mass is 9.94.